The molecule has 1 N–H and O–H groups in total. The van der Waals surface area contributed by atoms with E-state index >= 15 is 0 Å². The van der Waals surface area contributed by atoms with E-state index in [1.807, 2.05) is 29.2 Å². The summed E-state index contributed by atoms with van der Waals surface area (Å²) in [6, 6.07) is 8.00. The number of aliphatic hydroxyl groups excluding tert-OH is 1. The van der Waals surface area contributed by atoms with Gasteiger partial charge >= 0.3 is 0 Å². The lowest BCUT2D eigenvalue weighted by Gasteiger charge is -2.36. The first kappa shape index (κ1) is 15.6. The van der Waals surface area contributed by atoms with E-state index in [9.17, 15) is 9.90 Å². The maximum Gasteiger partial charge on any atom is 0.222 e. The van der Waals surface area contributed by atoms with E-state index < -0.39 is 6.10 Å². The second-order valence-corrected chi connectivity index (χ2v) is 5.45. The molecule has 1 heterocycles. The van der Waals surface area contributed by atoms with Crippen LogP contribution in [-0.4, -0.2) is 55.3 Å². The van der Waals surface area contributed by atoms with Crippen molar-refractivity contribution in [3.05, 3.63) is 24.3 Å². The Bertz CT molecular complexity index is 451. The van der Waals surface area contributed by atoms with Crippen molar-refractivity contribution in [3.63, 3.8) is 0 Å². The number of carbonyl (C=O) groups is 1. The molecule has 0 bridgehead atoms. The van der Waals surface area contributed by atoms with Gasteiger partial charge in [-0.15, -0.1) is 0 Å². The Labute approximate surface area is 126 Å². The lowest BCUT2D eigenvalue weighted by atomic mass is 10.2. The topological polar surface area (TPSA) is 53.0 Å². The van der Waals surface area contributed by atoms with Gasteiger partial charge in [0.05, 0.1) is 13.2 Å². The summed E-state index contributed by atoms with van der Waals surface area (Å²) in [6.45, 7) is 4.88. The fourth-order valence-corrected chi connectivity index (χ4v) is 2.50. The molecule has 21 heavy (non-hydrogen) atoms. The first-order valence-electron chi connectivity index (χ1n) is 7.45. The van der Waals surface area contributed by atoms with Crippen LogP contribution < -0.4 is 9.64 Å². The van der Waals surface area contributed by atoms with Gasteiger partial charge < -0.3 is 19.6 Å². The summed E-state index contributed by atoms with van der Waals surface area (Å²) in [5.41, 5.74) is 1.16. The summed E-state index contributed by atoms with van der Waals surface area (Å²) in [7, 11) is 1.66. The summed E-state index contributed by atoms with van der Waals surface area (Å²) in [5.74, 6) is 0.996. The van der Waals surface area contributed by atoms with Gasteiger partial charge in [-0.2, -0.15) is 0 Å². The number of amides is 1. The Balaban J connectivity index is 1.83. The van der Waals surface area contributed by atoms with Gasteiger partial charge in [0.25, 0.3) is 0 Å². The number of hydrogen-bond donors (Lipinski definition) is 1. The third kappa shape index (κ3) is 4.36. The van der Waals surface area contributed by atoms with Gasteiger partial charge in [-0.25, -0.2) is 0 Å². The van der Waals surface area contributed by atoms with Crippen LogP contribution in [0.25, 0.3) is 0 Å². The zero-order chi connectivity index (χ0) is 15.2. The minimum atomic E-state index is -0.408. The molecule has 0 spiro atoms. The zero-order valence-corrected chi connectivity index (χ0v) is 12.8. The predicted molar refractivity (Wildman–Crippen MR) is 82.7 cm³/mol. The van der Waals surface area contributed by atoms with Gasteiger partial charge in [0.2, 0.25) is 5.91 Å². The van der Waals surface area contributed by atoms with Gasteiger partial charge in [0, 0.05) is 38.3 Å². The first-order chi connectivity index (χ1) is 10.1. The second-order valence-electron chi connectivity index (χ2n) is 5.45. The molecule has 0 aliphatic carbocycles. The van der Waals surface area contributed by atoms with Crippen LogP contribution in [0.15, 0.2) is 24.3 Å². The molecule has 0 radical (unpaired) electrons. The lowest BCUT2D eigenvalue weighted by molar-refractivity contribution is -0.132. The number of ether oxygens (including phenoxy) is 1. The molecule has 5 nitrogen and oxygen atoms in total. The number of benzene rings is 1. The van der Waals surface area contributed by atoms with Crippen LogP contribution in [0.1, 0.15) is 19.8 Å². The summed E-state index contributed by atoms with van der Waals surface area (Å²) in [5, 5.41) is 9.24. The highest BCUT2D eigenvalue weighted by molar-refractivity contribution is 5.76. The molecule has 1 aromatic rings. The molecule has 0 aromatic heterocycles. The van der Waals surface area contributed by atoms with E-state index in [-0.39, 0.29) is 5.91 Å². The van der Waals surface area contributed by atoms with Crippen LogP contribution in [0.2, 0.25) is 0 Å². The third-order valence-electron chi connectivity index (χ3n) is 3.85. The highest BCUT2D eigenvalue weighted by Crippen LogP contribution is 2.20. The maximum atomic E-state index is 12.0. The molecule has 1 amide bonds. The highest BCUT2D eigenvalue weighted by atomic mass is 16.5. The van der Waals surface area contributed by atoms with E-state index in [2.05, 4.69) is 4.90 Å². The monoisotopic (exact) mass is 292 g/mol. The molecule has 1 aliphatic heterocycles. The minimum absolute atomic E-state index is 0.144. The van der Waals surface area contributed by atoms with E-state index in [1.54, 1.807) is 14.0 Å². The highest BCUT2D eigenvalue weighted by Gasteiger charge is 2.21. The summed E-state index contributed by atoms with van der Waals surface area (Å²) in [4.78, 5) is 16.2. The number of rotatable bonds is 5. The van der Waals surface area contributed by atoms with E-state index in [0.29, 0.717) is 12.8 Å². The Morgan fingerprint density at radius 2 is 1.86 bits per heavy atom. The van der Waals surface area contributed by atoms with Gasteiger partial charge in [-0.1, -0.05) is 0 Å². The number of nitrogens with zero attached hydrogens (tertiary/aromatic N) is 2. The molecule has 1 unspecified atom stereocenters. The molecule has 1 atom stereocenters. The lowest BCUT2D eigenvalue weighted by Crippen LogP contribution is -2.48. The maximum absolute atomic E-state index is 12.0. The molecular formula is C16H24N2O3. The van der Waals surface area contributed by atoms with Gasteiger partial charge in [-0.3, -0.25) is 4.79 Å². The van der Waals surface area contributed by atoms with Gasteiger partial charge in [0.1, 0.15) is 5.75 Å². The van der Waals surface area contributed by atoms with Crippen molar-refractivity contribution in [2.24, 2.45) is 0 Å². The van der Waals surface area contributed by atoms with Crippen LogP contribution in [0, 0.1) is 0 Å². The third-order valence-corrected chi connectivity index (χ3v) is 3.85. The Morgan fingerprint density at radius 3 is 2.38 bits per heavy atom. The minimum Gasteiger partial charge on any atom is -0.497 e. The quantitative estimate of drug-likeness (QED) is 0.893. The van der Waals surface area contributed by atoms with Crippen molar-refractivity contribution >= 4 is 11.6 Å². The molecule has 2 rings (SSSR count). The smallest absolute Gasteiger partial charge is 0.222 e. The molecule has 5 heteroatoms. The van der Waals surface area contributed by atoms with E-state index in [1.165, 1.54) is 0 Å². The Kier molecular flexibility index (Phi) is 5.44. The van der Waals surface area contributed by atoms with Crippen molar-refractivity contribution in [2.45, 2.75) is 25.9 Å². The van der Waals surface area contributed by atoms with E-state index in [0.717, 1.165) is 37.6 Å². The summed E-state index contributed by atoms with van der Waals surface area (Å²) < 4.78 is 5.16. The van der Waals surface area contributed by atoms with Crippen LogP contribution in [0.3, 0.4) is 0 Å². The average Bonchev–Trinajstić information content (AvgIpc) is 2.53. The van der Waals surface area contributed by atoms with E-state index in [4.69, 9.17) is 4.74 Å². The fourth-order valence-electron chi connectivity index (χ4n) is 2.50. The predicted octanol–water partition coefficient (Wildman–Crippen LogP) is 1.50. The molecule has 1 aliphatic rings. The van der Waals surface area contributed by atoms with Gasteiger partial charge in [0.15, 0.2) is 0 Å². The summed E-state index contributed by atoms with van der Waals surface area (Å²) >= 11 is 0. The first-order valence-corrected chi connectivity index (χ1v) is 7.45. The SMILES string of the molecule is COc1ccc(N2CCN(C(=O)CCC(C)O)CC2)cc1. The number of hydrogen-bond acceptors (Lipinski definition) is 4. The standard InChI is InChI=1S/C16H24N2O3/c1-13(19)3-8-16(20)18-11-9-17(10-12-18)14-4-6-15(21-2)7-5-14/h4-7,13,19H,3,8-12H2,1-2H3. The summed E-state index contributed by atoms with van der Waals surface area (Å²) in [6.07, 6.45) is 0.562. The molecule has 1 saturated heterocycles. The number of aliphatic hydroxyl groups is 1. The number of carbonyl (C=O) groups excluding carboxylic acids is 1. The van der Waals surface area contributed by atoms with Gasteiger partial charge in [-0.05, 0) is 37.6 Å². The fraction of sp³-hybridized carbons (Fsp3) is 0.562. The van der Waals surface area contributed by atoms with Crippen molar-refractivity contribution in [3.8, 4) is 5.75 Å². The average molecular weight is 292 g/mol. The van der Waals surface area contributed by atoms with Crippen molar-refractivity contribution in [1.82, 2.24) is 4.90 Å². The Hall–Kier alpha value is -1.75. The van der Waals surface area contributed by atoms with Crippen LogP contribution >= 0.6 is 0 Å². The van der Waals surface area contributed by atoms with Crippen LogP contribution in [-0.2, 0) is 4.79 Å². The molecule has 0 saturated carbocycles. The zero-order valence-electron chi connectivity index (χ0n) is 12.8. The number of anilines is 1. The molecule has 1 fully saturated rings. The molecule has 1 aromatic carbocycles. The van der Waals surface area contributed by atoms with Crippen molar-refractivity contribution in [1.29, 1.82) is 0 Å². The van der Waals surface area contributed by atoms with Crippen LogP contribution in [0.5, 0.6) is 5.75 Å². The Morgan fingerprint density at radius 1 is 1.24 bits per heavy atom. The largest absolute Gasteiger partial charge is 0.497 e. The van der Waals surface area contributed by atoms with Crippen LogP contribution in [0.4, 0.5) is 5.69 Å². The van der Waals surface area contributed by atoms with Crippen molar-refractivity contribution in [2.75, 3.05) is 38.2 Å². The molecule has 116 valence electrons. The normalized spacial score (nSPS) is 16.7. The number of methoxy groups -OCH3 is 1. The molecular weight excluding hydrogens is 268 g/mol. The van der Waals surface area contributed by atoms with Crippen molar-refractivity contribution < 1.29 is 14.6 Å². The second kappa shape index (κ2) is 7.31. The number of piperazine rings is 1.